The first-order valence-corrected chi connectivity index (χ1v) is 9.43. The Labute approximate surface area is 178 Å². The molecule has 31 heavy (non-hydrogen) atoms. The normalized spacial score (nSPS) is 14.6. The molecule has 2 aromatic carbocycles. The third kappa shape index (κ3) is 4.04. The zero-order valence-corrected chi connectivity index (χ0v) is 16.9. The number of azo groups is 1. The highest BCUT2D eigenvalue weighted by atomic mass is 16.3. The number of carbonyl (C=O) groups excluding carboxylic acids is 3. The predicted octanol–water partition coefficient (Wildman–Crippen LogP) is 4.80. The number of urea groups is 1. The summed E-state index contributed by atoms with van der Waals surface area (Å²) in [6.45, 7) is 0. The molecule has 0 N–H and O–H groups in total. The lowest BCUT2D eigenvalue weighted by Crippen LogP contribution is -2.52. The molecule has 0 spiro atoms. The van der Waals surface area contributed by atoms with Gasteiger partial charge in [-0.25, -0.2) is 4.79 Å². The van der Waals surface area contributed by atoms with Gasteiger partial charge in [0, 0.05) is 19.7 Å². The summed E-state index contributed by atoms with van der Waals surface area (Å²) in [5.41, 5.74) is 2.12. The average Bonchev–Trinajstić information content (AvgIpc) is 3.27. The van der Waals surface area contributed by atoms with Crippen LogP contribution in [0.5, 0.6) is 0 Å². The summed E-state index contributed by atoms with van der Waals surface area (Å²) < 4.78 is 5.78. The van der Waals surface area contributed by atoms with Gasteiger partial charge in [-0.2, -0.15) is 10.2 Å². The molecule has 0 saturated carbocycles. The molecule has 1 fully saturated rings. The SMILES string of the molecule is CN1C(=O)C(=Cc2ccc(-c3ccc(N=Nc4ccccc4)cc3)o2)C(=O)N(C)C1=O. The zero-order valence-electron chi connectivity index (χ0n) is 16.9. The van der Waals surface area contributed by atoms with E-state index in [0.29, 0.717) is 17.2 Å². The van der Waals surface area contributed by atoms with Crippen molar-refractivity contribution in [1.29, 1.82) is 0 Å². The van der Waals surface area contributed by atoms with Gasteiger partial charge in [0.2, 0.25) is 0 Å². The number of barbiturate groups is 1. The molecule has 154 valence electrons. The number of hydrogen-bond acceptors (Lipinski definition) is 6. The van der Waals surface area contributed by atoms with Crippen molar-refractivity contribution in [3.63, 3.8) is 0 Å². The Morgan fingerprint density at radius 1 is 0.742 bits per heavy atom. The summed E-state index contributed by atoms with van der Waals surface area (Å²) in [5, 5.41) is 8.38. The van der Waals surface area contributed by atoms with Crippen LogP contribution in [0.3, 0.4) is 0 Å². The van der Waals surface area contributed by atoms with Gasteiger partial charge in [-0.1, -0.05) is 18.2 Å². The van der Waals surface area contributed by atoms with Crippen molar-refractivity contribution in [2.45, 2.75) is 0 Å². The van der Waals surface area contributed by atoms with Crippen molar-refractivity contribution < 1.29 is 18.8 Å². The van der Waals surface area contributed by atoms with Gasteiger partial charge in [0.05, 0.1) is 11.4 Å². The number of likely N-dealkylation sites (N-methyl/N-ethyl adjacent to an activating group) is 2. The molecule has 1 aromatic heterocycles. The molecule has 8 nitrogen and oxygen atoms in total. The number of benzene rings is 2. The number of furan rings is 1. The summed E-state index contributed by atoms with van der Waals surface area (Å²) in [4.78, 5) is 38.2. The Morgan fingerprint density at radius 2 is 1.32 bits per heavy atom. The fourth-order valence-corrected chi connectivity index (χ4v) is 3.01. The monoisotopic (exact) mass is 414 g/mol. The third-order valence-corrected chi connectivity index (χ3v) is 4.75. The molecule has 2 heterocycles. The van der Waals surface area contributed by atoms with Gasteiger partial charge in [-0.3, -0.25) is 19.4 Å². The quantitative estimate of drug-likeness (QED) is 0.348. The van der Waals surface area contributed by atoms with Crippen molar-refractivity contribution in [2.75, 3.05) is 14.1 Å². The predicted molar refractivity (Wildman–Crippen MR) is 114 cm³/mol. The van der Waals surface area contributed by atoms with Gasteiger partial charge in [-0.15, -0.1) is 0 Å². The first kappa shape index (κ1) is 20.0. The maximum absolute atomic E-state index is 12.3. The molecule has 0 unspecified atom stereocenters. The van der Waals surface area contributed by atoms with E-state index in [0.717, 1.165) is 21.1 Å². The van der Waals surface area contributed by atoms with E-state index in [1.54, 1.807) is 12.1 Å². The number of amides is 4. The summed E-state index contributed by atoms with van der Waals surface area (Å²) in [7, 11) is 2.65. The minimum Gasteiger partial charge on any atom is -0.457 e. The average molecular weight is 414 g/mol. The third-order valence-electron chi connectivity index (χ3n) is 4.75. The van der Waals surface area contributed by atoms with Crippen molar-refractivity contribution >= 4 is 35.3 Å². The lowest BCUT2D eigenvalue weighted by molar-refractivity contribution is -0.134. The second-order valence-corrected chi connectivity index (χ2v) is 6.85. The molecule has 8 heteroatoms. The number of rotatable bonds is 4. The molecule has 0 aliphatic carbocycles. The molecule has 1 aliphatic heterocycles. The Hall–Kier alpha value is -4.33. The first-order valence-electron chi connectivity index (χ1n) is 9.43. The van der Waals surface area contributed by atoms with Crippen LogP contribution in [-0.2, 0) is 9.59 Å². The van der Waals surface area contributed by atoms with Crippen LogP contribution in [0.25, 0.3) is 17.4 Å². The van der Waals surface area contributed by atoms with E-state index < -0.39 is 17.8 Å². The van der Waals surface area contributed by atoms with Gasteiger partial charge in [-0.05, 0) is 54.6 Å². The highest BCUT2D eigenvalue weighted by Crippen LogP contribution is 2.27. The first-order chi connectivity index (χ1) is 14.9. The second kappa shape index (κ2) is 8.19. The number of nitrogens with zero attached hydrogens (tertiary/aromatic N) is 4. The molecule has 0 radical (unpaired) electrons. The maximum atomic E-state index is 12.3. The van der Waals surface area contributed by atoms with Crippen LogP contribution in [0.15, 0.2) is 86.9 Å². The topological polar surface area (TPSA) is 95.6 Å². The lowest BCUT2D eigenvalue weighted by Gasteiger charge is -2.28. The summed E-state index contributed by atoms with van der Waals surface area (Å²) in [5.74, 6) is -0.444. The molecular weight excluding hydrogens is 396 g/mol. The number of carbonyl (C=O) groups is 3. The van der Waals surface area contributed by atoms with Crippen LogP contribution >= 0.6 is 0 Å². The van der Waals surface area contributed by atoms with E-state index in [4.69, 9.17) is 4.42 Å². The van der Waals surface area contributed by atoms with E-state index in [2.05, 4.69) is 10.2 Å². The highest BCUT2D eigenvalue weighted by Gasteiger charge is 2.38. The van der Waals surface area contributed by atoms with Gasteiger partial charge in [0.15, 0.2) is 0 Å². The van der Waals surface area contributed by atoms with Crippen molar-refractivity contribution in [3.8, 4) is 11.3 Å². The van der Waals surface area contributed by atoms with Gasteiger partial charge in [0.1, 0.15) is 17.1 Å². The van der Waals surface area contributed by atoms with Crippen molar-refractivity contribution in [2.24, 2.45) is 10.2 Å². The van der Waals surface area contributed by atoms with Gasteiger partial charge >= 0.3 is 6.03 Å². The molecule has 3 aromatic rings. The fraction of sp³-hybridized carbons (Fsp3) is 0.0870. The van der Waals surface area contributed by atoms with E-state index in [-0.39, 0.29) is 5.57 Å². The number of imide groups is 2. The van der Waals surface area contributed by atoms with Gasteiger partial charge < -0.3 is 4.42 Å². The van der Waals surface area contributed by atoms with E-state index >= 15 is 0 Å². The fourth-order valence-electron chi connectivity index (χ4n) is 3.01. The molecule has 4 amide bonds. The largest absolute Gasteiger partial charge is 0.457 e. The maximum Gasteiger partial charge on any atom is 0.333 e. The summed E-state index contributed by atoms with van der Waals surface area (Å²) in [6, 6.07) is 19.5. The molecule has 1 saturated heterocycles. The molecule has 4 rings (SSSR count). The Kier molecular flexibility index (Phi) is 5.28. The van der Waals surface area contributed by atoms with Crippen LogP contribution in [-0.4, -0.2) is 41.7 Å². The number of hydrogen-bond donors (Lipinski definition) is 0. The van der Waals surface area contributed by atoms with Crippen LogP contribution < -0.4 is 0 Å². The standard InChI is InChI=1S/C23H18N4O4/c1-26-21(28)19(22(29)27(2)23(26)30)14-18-12-13-20(31-18)15-8-10-17(11-9-15)25-24-16-6-4-3-5-7-16/h3-14H,1-2H3. The van der Waals surface area contributed by atoms with Crippen molar-refractivity contribution in [1.82, 2.24) is 9.80 Å². The molecule has 0 atom stereocenters. The molecule has 1 aliphatic rings. The van der Waals surface area contributed by atoms with Gasteiger partial charge in [0.25, 0.3) is 11.8 Å². The minimum atomic E-state index is -0.670. The lowest BCUT2D eigenvalue weighted by atomic mass is 10.1. The Bertz CT molecular complexity index is 1180. The van der Waals surface area contributed by atoms with Crippen LogP contribution in [0.1, 0.15) is 5.76 Å². The Morgan fingerprint density at radius 3 is 1.94 bits per heavy atom. The zero-order chi connectivity index (χ0) is 22.0. The Balaban J connectivity index is 1.53. The van der Waals surface area contributed by atoms with E-state index in [9.17, 15) is 14.4 Å². The van der Waals surface area contributed by atoms with E-state index in [1.165, 1.54) is 20.2 Å². The molecule has 0 bridgehead atoms. The minimum absolute atomic E-state index is 0.137. The van der Waals surface area contributed by atoms with Crippen LogP contribution in [0.2, 0.25) is 0 Å². The highest BCUT2D eigenvalue weighted by molar-refractivity contribution is 6.30. The van der Waals surface area contributed by atoms with Crippen molar-refractivity contribution in [3.05, 3.63) is 78.1 Å². The van der Waals surface area contributed by atoms with Crippen LogP contribution in [0, 0.1) is 0 Å². The summed E-state index contributed by atoms with van der Waals surface area (Å²) >= 11 is 0. The van der Waals surface area contributed by atoms with E-state index in [1.807, 2.05) is 54.6 Å². The van der Waals surface area contributed by atoms with Crippen LogP contribution in [0.4, 0.5) is 16.2 Å². The summed E-state index contributed by atoms with van der Waals surface area (Å²) in [6.07, 6.45) is 1.34. The smallest absolute Gasteiger partial charge is 0.333 e. The second-order valence-electron chi connectivity index (χ2n) is 6.85. The molecular formula is C23H18N4O4.